The van der Waals surface area contributed by atoms with Crippen LogP contribution in [-0.2, 0) is 48.8 Å². The molecule has 10 rings (SSSR count). The summed E-state index contributed by atoms with van der Waals surface area (Å²) in [7, 11) is -9.27. The van der Waals surface area contributed by atoms with E-state index in [9.17, 15) is 76.3 Å². The van der Waals surface area contributed by atoms with Gasteiger partial charge in [0.2, 0.25) is 17.7 Å². The van der Waals surface area contributed by atoms with Gasteiger partial charge in [0.15, 0.2) is 11.5 Å². The number of hydrogen-bond donors (Lipinski definition) is 6. The number of imidazole rings is 3. The highest BCUT2D eigenvalue weighted by molar-refractivity contribution is 7.88. The van der Waals surface area contributed by atoms with Gasteiger partial charge < -0.3 is 68.2 Å². The van der Waals surface area contributed by atoms with Gasteiger partial charge in [-0.1, -0.05) is 115 Å². The van der Waals surface area contributed by atoms with E-state index >= 15 is 0 Å². The molecule has 0 bridgehead atoms. The largest absolute Gasteiger partial charge is 0.534 e. The van der Waals surface area contributed by atoms with Gasteiger partial charge in [0.1, 0.15) is 52.7 Å². The topological polar surface area (TPSA) is 349 Å². The van der Waals surface area contributed by atoms with Gasteiger partial charge in [-0.2, -0.15) is 43.2 Å². The second kappa shape index (κ2) is 37.5. The van der Waals surface area contributed by atoms with Crippen molar-refractivity contribution in [3.63, 3.8) is 0 Å². The number of alkyl carbamates (subject to hydrolysis) is 3. The minimum atomic E-state index is -6.05. The third kappa shape index (κ3) is 21.0. The Morgan fingerprint density at radius 3 is 1.07 bits per heavy atom. The number of terminal acetylenes is 1. The number of hydrogen-bond acceptors (Lipinski definition) is 18. The third-order valence-electron chi connectivity index (χ3n) is 17.1. The molecule has 3 aliphatic rings. The summed E-state index contributed by atoms with van der Waals surface area (Å²) in [6.45, 7) is 13.1. The zero-order valence-corrected chi connectivity index (χ0v) is 60.9. The quantitative estimate of drug-likeness (QED) is 0.0172. The molecule has 0 spiro atoms. The summed E-state index contributed by atoms with van der Waals surface area (Å²) < 4.78 is 156. The van der Waals surface area contributed by atoms with Crippen LogP contribution in [-0.4, -0.2) is 175 Å². The summed E-state index contributed by atoms with van der Waals surface area (Å²) in [6.07, 6.45) is 13.2. The van der Waals surface area contributed by atoms with E-state index in [2.05, 4.69) is 88.6 Å². The summed E-state index contributed by atoms with van der Waals surface area (Å²) >= 11 is 0. The van der Waals surface area contributed by atoms with E-state index in [1.807, 2.05) is 77.9 Å². The SMILES string of the molecule is C.C#Cc1cnc([C@@H]2CCCN2C(=O)[C@@H](NC(=O)OC)C(C)C)[nH]1.COC(=O)N[C@H](C(=O)N1CCC[C@H]1c1ncc(C#Cc2cccc3c(C#Cc4cnc([C@@H]5CCCN5C(=O)[C@@H](NC(=O)OC)C(C)C)[nH]4)cccc23)[nH]1)C(C)C.O=S(=O)(Oc1cccc2c(OS(=O)(=O)C(F)(F)F)cccc12)C(F)(F)F.[2H]CF. The number of carbonyl (C=O) groups excluding carboxylic acids is 6. The summed E-state index contributed by atoms with van der Waals surface area (Å²) in [5.41, 5.74) is -8.01. The van der Waals surface area contributed by atoms with E-state index in [-0.39, 0.29) is 61.0 Å². The van der Waals surface area contributed by atoms with Gasteiger partial charge in [-0.15, -0.1) is 6.42 Å². The summed E-state index contributed by atoms with van der Waals surface area (Å²) in [6, 6.07) is 14.6. The molecule has 6 amide bonds. The Bertz CT molecular complexity index is 4550. The second-order valence-electron chi connectivity index (χ2n) is 25.1. The molecule has 4 aromatic carbocycles. The number of nitrogens with zero attached hydrogens (tertiary/aromatic N) is 6. The van der Waals surface area contributed by atoms with E-state index in [1.165, 1.54) is 21.3 Å². The highest BCUT2D eigenvalue weighted by Crippen LogP contribution is 2.39. The maximum atomic E-state index is 13.5. The Balaban J connectivity index is 0.000000289. The van der Waals surface area contributed by atoms with Crippen LogP contribution in [0.1, 0.15) is 153 Å². The average Bonchev–Trinajstić information content (AvgIpc) is 1.08. The Morgan fingerprint density at radius 1 is 0.509 bits per heavy atom. The number of methoxy groups -OCH3 is 3. The Kier molecular flexibility index (Phi) is 29.2. The maximum absolute atomic E-state index is 13.5. The molecule has 6 atom stereocenters. The summed E-state index contributed by atoms with van der Waals surface area (Å²) in [5.74, 6) is 15.0. The van der Waals surface area contributed by atoms with Gasteiger partial charge in [-0.3, -0.25) is 18.8 Å². The number of benzene rings is 4. The molecule has 27 nitrogen and oxygen atoms in total. The molecule has 6 heterocycles. The lowest BCUT2D eigenvalue weighted by Gasteiger charge is -2.29. The maximum Gasteiger partial charge on any atom is 0.534 e. The fourth-order valence-corrected chi connectivity index (χ4v) is 12.8. The van der Waals surface area contributed by atoms with Gasteiger partial charge >= 0.3 is 49.5 Å². The first-order valence-corrected chi connectivity index (χ1v) is 35.9. The van der Waals surface area contributed by atoms with Crippen molar-refractivity contribution in [3.8, 4) is 47.5 Å². The molecule has 0 radical (unpaired) electrons. The number of fused-ring (bicyclic) bond motifs is 2. The summed E-state index contributed by atoms with van der Waals surface area (Å²) in [4.78, 5) is 104. The van der Waals surface area contributed by atoms with E-state index in [1.54, 1.807) is 33.3 Å². The fourth-order valence-electron chi connectivity index (χ4n) is 11.8. The van der Waals surface area contributed by atoms with Crippen LogP contribution in [0.5, 0.6) is 11.5 Å². The predicted octanol–water partition coefficient (Wildman–Crippen LogP) is 11.1. The van der Waals surface area contributed by atoms with Crippen LogP contribution in [0, 0.1) is 53.8 Å². The lowest BCUT2D eigenvalue weighted by Crippen LogP contribution is -2.51. The number of alkyl halides is 7. The first kappa shape index (κ1) is 84.2. The standard InChI is InChI=1S/C42H48N8O6.C16H22N4O3.C12H6F6O6S2.CH3F.CH4/c1-25(2)35(47-41(53)55-5)39(51)49-21-9-15-33(49)37-43-23-29(45-37)19-17-27-11-7-14-32-28(12-8-13-31(27)32)18-20-30-24-44-38(46-30)34-16-10-22-50(34)40(52)36(26(3)4)48-42(54)56-6;1-5-11-9-17-14(18-11)12-7-6-8-20(12)15(21)13(10(2)3)19-16(22)23-4;13-11(14,15)25(19,20)23-9-5-1-3-7-8(9)4-2-6-10(7)24-26(21,22)12(16,17)18;1-2;/h7-8,11-14,23-26,33-36H,9-10,15-16,21-22H2,1-6H3,(H,43,45)(H,44,46)(H,47,53)(H,48,54);1,9-10,12-13H,6-8H2,2-4H3,(H,17,18)(H,19,22);1-6H;1H3;1H4/t33-,34-,35-,36-;12-,13-;;;/m00.../s1/i;;;1D;. The van der Waals surface area contributed by atoms with Gasteiger partial charge in [0, 0.05) is 41.5 Å². The first-order valence-electron chi connectivity index (χ1n) is 33.7. The van der Waals surface area contributed by atoms with Crippen LogP contribution in [0.2, 0.25) is 0 Å². The smallest absolute Gasteiger partial charge is 0.453 e. The lowest BCUT2D eigenvalue weighted by molar-refractivity contribution is -0.136. The minimum absolute atomic E-state index is 0. The van der Waals surface area contributed by atoms with Crippen molar-refractivity contribution in [2.45, 2.75) is 135 Å². The monoisotopic (exact) mass is 1550 g/mol. The molecule has 36 heteroatoms. The number of rotatable bonds is 16. The van der Waals surface area contributed by atoms with Crippen molar-refractivity contribution < 1.29 is 100 Å². The van der Waals surface area contributed by atoms with E-state index in [0.717, 1.165) is 96.8 Å². The number of H-pyrrole nitrogens is 3. The second-order valence-corrected chi connectivity index (χ2v) is 28.2. The molecule has 108 heavy (non-hydrogen) atoms. The molecule has 7 aromatic rings. The molecule has 582 valence electrons. The minimum Gasteiger partial charge on any atom is -0.453 e. The lowest BCUT2D eigenvalue weighted by atomic mass is 10.0. The molecule has 0 unspecified atom stereocenters. The van der Waals surface area contributed by atoms with Crippen LogP contribution < -0.4 is 24.3 Å². The number of halogens is 7. The molecule has 3 aliphatic heterocycles. The molecule has 6 N–H and O–H groups in total. The van der Waals surface area contributed by atoms with Gasteiger partial charge in [-0.25, -0.2) is 29.3 Å². The van der Waals surface area contributed by atoms with Crippen molar-refractivity contribution in [2.75, 3.05) is 48.1 Å². The Hall–Kier alpha value is -11.1. The number of amides is 6. The zero-order valence-electron chi connectivity index (χ0n) is 60.3. The number of ether oxygens (including phenoxy) is 3. The van der Waals surface area contributed by atoms with Crippen molar-refractivity contribution in [1.82, 2.24) is 60.6 Å². The molecule has 0 aliphatic carbocycles. The van der Waals surface area contributed by atoms with Crippen LogP contribution >= 0.6 is 0 Å². The normalized spacial score (nSPS) is 16.5. The molecular formula is C72H83F7N12O15S2. The van der Waals surface area contributed by atoms with Crippen molar-refractivity contribution >= 4 is 77.8 Å². The van der Waals surface area contributed by atoms with Crippen molar-refractivity contribution in [1.29, 1.82) is 0 Å². The highest BCUT2D eigenvalue weighted by Gasteiger charge is 2.50. The van der Waals surface area contributed by atoms with E-state index < -0.39 is 97.1 Å². The van der Waals surface area contributed by atoms with Crippen molar-refractivity contribution in [2.24, 2.45) is 17.8 Å². The molecule has 0 saturated carbocycles. The third-order valence-corrected chi connectivity index (χ3v) is 19.0. The number of aromatic nitrogens is 6. The number of carbonyl (C=O) groups is 6. The number of likely N-dealkylation sites (tertiary alicyclic amines) is 3. The molecule has 3 aromatic heterocycles. The molecular weight excluding hydrogens is 1470 g/mol. The van der Waals surface area contributed by atoms with E-state index in [0.29, 0.717) is 54.2 Å². The van der Waals surface area contributed by atoms with Gasteiger partial charge in [0.25, 0.3) is 0 Å². The van der Waals surface area contributed by atoms with Crippen LogP contribution in [0.3, 0.4) is 0 Å². The molecule has 3 saturated heterocycles. The molecule has 3 fully saturated rings. The average molecular weight is 1550 g/mol. The Morgan fingerprint density at radius 2 is 0.796 bits per heavy atom. The fraction of sp³-hybridized carbons (Fsp3) is 0.431. The van der Waals surface area contributed by atoms with E-state index in [4.69, 9.17) is 17.3 Å². The van der Waals surface area contributed by atoms with Gasteiger partial charge in [0.05, 0.1) is 66.6 Å². The highest BCUT2D eigenvalue weighted by atomic mass is 32.2. The number of aromatic amines is 3. The zero-order chi connectivity index (χ0) is 79.6. The summed E-state index contributed by atoms with van der Waals surface area (Å²) in [5, 5.41) is 9.02. The van der Waals surface area contributed by atoms with Crippen LogP contribution in [0.4, 0.5) is 45.1 Å². The van der Waals surface area contributed by atoms with Crippen molar-refractivity contribution in [3.05, 3.63) is 137 Å². The predicted molar refractivity (Wildman–Crippen MR) is 382 cm³/mol. The van der Waals surface area contributed by atoms with Gasteiger partial charge in [-0.05, 0) is 103 Å². The Labute approximate surface area is 621 Å². The van der Waals surface area contributed by atoms with Crippen LogP contribution in [0.25, 0.3) is 21.5 Å². The van der Waals surface area contributed by atoms with Crippen LogP contribution in [0.15, 0.2) is 91.4 Å². The number of nitrogens with one attached hydrogen (secondary N) is 6. The first-order chi connectivity index (χ1) is 51.0.